The predicted molar refractivity (Wildman–Crippen MR) is 73.1 cm³/mol. The Bertz CT molecular complexity index is 590. The molecule has 0 saturated carbocycles. The minimum atomic E-state index is 0.304. The predicted octanol–water partition coefficient (Wildman–Crippen LogP) is 3.79. The second-order valence-electron chi connectivity index (χ2n) is 3.40. The van der Waals surface area contributed by atoms with Crippen LogP contribution < -0.4 is 0 Å². The van der Waals surface area contributed by atoms with Gasteiger partial charge in [-0.1, -0.05) is 61.7 Å². The first kappa shape index (κ1) is 13.2. The molecule has 0 atom stereocenters. The minimum absolute atomic E-state index is 0.304. The Labute approximate surface area is 107 Å². The molecule has 18 heavy (non-hydrogen) atoms. The average molecular weight is 232 g/mol. The highest BCUT2D eigenvalue weighted by molar-refractivity contribution is 5.85. The third kappa shape index (κ3) is 2.84. The number of nitrogens with zero attached hydrogens (tertiary/aromatic N) is 2. The van der Waals surface area contributed by atoms with Gasteiger partial charge in [-0.3, -0.25) is 0 Å². The van der Waals surface area contributed by atoms with Crippen molar-refractivity contribution in [3.05, 3.63) is 78.4 Å². The third-order valence-electron chi connectivity index (χ3n) is 2.34. The van der Waals surface area contributed by atoms with Gasteiger partial charge in [0.1, 0.15) is 12.1 Å². The van der Waals surface area contributed by atoms with Gasteiger partial charge in [0.2, 0.25) is 0 Å². The summed E-state index contributed by atoms with van der Waals surface area (Å²) in [5.74, 6) is 0. The fourth-order valence-electron chi connectivity index (χ4n) is 1.51. The third-order valence-corrected chi connectivity index (χ3v) is 2.34. The number of rotatable bonds is 4. The Hall–Kier alpha value is -2.84. The molecule has 1 aromatic carbocycles. The zero-order chi connectivity index (χ0) is 13.4. The van der Waals surface area contributed by atoms with Gasteiger partial charge in [-0.25, -0.2) is 0 Å². The first-order chi connectivity index (χ1) is 8.78. The summed E-state index contributed by atoms with van der Waals surface area (Å²) in [4.78, 5) is 0. The molecule has 0 aliphatic carbocycles. The lowest BCUT2D eigenvalue weighted by Crippen LogP contribution is -1.91. The van der Waals surface area contributed by atoms with Crippen molar-refractivity contribution in [3.63, 3.8) is 0 Å². The summed E-state index contributed by atoms with van der Waals surface area (Å²) >= 11 is 0. The molecule has 0 radical (unpaired) electrons. The van der Waals surface area contributed by atoms with Gasteiger partial charge in [0, 0.05) is 0 Å². The molecule has 1 rings (SSSR count). The Morgan fingerprint density at radius 1 is 1.06 bits per heavy atom. The number of hydrogen-bond acceptors (Lipinski definition) is 2. The molecule has 0 aromatic heterocycles. The van der Waals surface area contributed by atoms with E-state index in [0.717, 1.165) is 0 Å². The van der Waals surface area contributed by atoms with Crippen LogP contribution in [-0.2, 0) is 0 Å². The Morgan fingerprint density at radius 2 is 1.72 bits per heavy atom. The second-order valence-corrected chi connectivity index (χ2v) is 3.40. The largest absolute Gasteiger partial charge is 0.192 e. The second kappa shape index (κ2) is 6.68. The van der Waals surface area contributed by atoms with Crippen molar-refractivity contribution in [1.82, 2.24) is 0 Å². The maximum absolute atomic E-state index is 9.25. The summed E-state index contributed by atoms with van der Waals surface area (Å²) < 4.78 is 0. The van der Waals surface area contributed by atoms with Crippen molar-refractivity contribution < 1.29 is 0 Å². The van der Waals surface area contributed by atoms with Gasteiger partial charge in [0.25, 0.3) is 0 Å². The van der Waals surface area contributed by atoms with E-state index in [-0.39, 0.29) is 0 Å². The Kier molecular flexibility index (Phi) is 4.91. The maximum atomic E-state index is 9.25. The van der Waals surface area contributed by atoms with Gasteiger partial charge in [0.15, 0.2) is 0 Å². The van der Waals surface area contributed by atoms with Crippen LogP contribution >= 0.6 is 0 Å². The van der Waals surface area contributed by atoms with Crippen molar-refractivity contribution in [2.75, 3.05) is 0 Å². The van der Waals surface area contributed by atoms with E-state index in [9.17, 15) is 10.5 Å². The highest BCUT2D eigenvalue weighted by Gasteiger charge is 2.10. The SMILES string of the molecule is C=C/C=C(C=C)/C(C#N)=C(\C#N)c1ccccc1. The lowest BCUT2D eigenvalue weighted by molar-refractivity contribution is 1.44. The molecule has 0 saturated heterocycles. The van der Waals surface area contributed by atoms with Crippen LogP contribution in [0.3, 0.4) is 0 Å². The monoisotopic (exact) mass is 232 g/mol. The van der Waals surface area contributed by atoms with Crippen LogP contribution in [0.1, 0.15) is 5.56 Å². The van der Waals surface area contributed by atoms with Crippen LogP contribution in [0.5, 0.6) is 0 Å². The van der Waals surface area contributed by atoms with E-state index >= 15 is 0 Å². The summed E-state index contributed by atoms with van der Waals surface area (Å²) in [6, 6.07) is 13.2. The summed E-state index contributed by atoms with van der Waals surface area (Å²) in [6.07, 6.45) is 4.76. The molecule has 0 spiro atoms. The van der Waals surface area contributed by atoms with Crippen LogP contribution in [0.4, 0.5) is 0 Å². The zero-order valence-corrected chi connectivity index (χ0v) is 9.93. The smallest absolute Gasteiger partial charge is 0.101 e. The van der Waals surface area contributed by atoms with Crippen LogP contribution in [0.2, 0.25) is 0 Å². The first-order valence-corrected chi connectivity index (χ1v) is 5.34. The van der Waals surface area contributed by atoms with Crippen LogP contribution in [0.15, 0.2) is 72.9 Å². The maximum Gasteiger partial charge on any atom is 0.101 e. The van der Waals surface area contributed by atoms with E-state index in [1.165, 1.54) is 0 Å². The highest BCUT2D eigenvalue weighted by atomic mass is 14.3. The van der Waals surface area contributed by atoms with Gasteiger partial charge in [-0.2, -0.15) is 10.5 Å². The van der Waals surface area contributed by atoms with Crippen molar-refractivity contribution in [2.24, 2.45) is 0 Å². The van der Waals surface area contributed by atoms with E-state index in [4.69, 9.17) is 0 Å². The van der Waals surface area contributed by atoms with Gasteiger partial charge >= 0.3 is 0 Å². The lowest BCUT2D eigenvalue weighted by Gasteiger charge is -2.04. The molecule has 0 fully saturated rings. The fourth-order valence-corrected chi connectivity index (χ4v) is 1.51. The van der Waals surface area contributed by atoms with Crippen LogP contribution in [0, 0.1) is 22.7 Å². The molecule has 0 unspecified atom stereocenters. The zero-order valence-electron chi connectivity index (χ0n) is 9.93. The first-order valence-electron chi connectivity index (χ1n) is 5.34. The number of nitriles is 2. The topological polar surface area (TPSA) is 47.6 Å². The molecule has 0 aliphatic heterocycles. The number of allylic oxidation sites excluding steroid dienone is 6. The normalized spacial score (nSPS) is 11.8. The fraction of sp³-hybridized carbons (Fsp3) is 0. The molecule has 1 aromatic rings. The molecule has 0 aliphatic rings. The minimum Gasteiger partial charge on any atom is -0.192 e. The molecule has 0 bridgehead atoms. The van der Waals surface area contributed by atoms with Gasteiger partial charge in [-0.05, 0) is 11.1 Å². The highest BCUT2D eigenvalue weighted by Crippen LogP contribution is 2.23. The molecule has 2 nitrogen and oxygen atoms in total. The molecular formula is C16H12N2. The number of hydrogen-bond donors (Lipinski definition) is 0. The van der Waals surface area contributed by atoms with E-state index in [1.54, 1.807) is 30.4 Å². The molecular weight excluding hydrogens is 220 g/mol. The van der Waals surface area contributed by atoms with Crippen LogP contribution in [-0.4, -0.2) is 0 Å². The van der Waals surface area contributed by atoms with E-state index in [1.807, 2.05) is 18.2 Å². The Balaban J connectivity index is 3.51. The van der Waals surface area contributed by atoms with Crippen molar-refractivity contribution in [2.45, 2.75) is 0 Å². The number of benzene rings is 1. The van der Waals surface area contributed by atoms with Crippen molar-refractivity contribution in [1.29, 1.82) is 10.5 Å². The van der Waals surface area contributed by atoms with Crippen molar-refractivity contribution >= 4 is 5.57 Å². The summed E-state index contributed by atoms with van der Waals surface area (Å²) in [6.45, 7) is 7.23. The average Bonchev–Trinajstić information content (AvgIpc) is 2.43. The van der Waals surface area contributed by atoms with E-state index in [2.05, 4.69) is 25.3 Å². The van der Waals surface area contributed by atoms with Crippen LogP contribution in [0.25, 0.3) is 5.57 Å². The molecule has 0 N–H and O–H groups in total. The van der Waals surface area contributed by atoms with E-state index < -0.39 is 0 Å². The standard InChI is InChI=1S/C16H12N2/c1-3-8-13(4-2)15(11-17)16(12-18)14-9-6-5-7-10-14/h3-10H,1-2H2/b13-8+,16-15+. The quantitative estimate of drug-likeness (QED) is 0.585. The molecule has 2 heteroatoms. The van der Waals surface area contributed by atoms with Crippen molar-refractivity contribution in [3.8, 4) is 12.1 Å². The molecule has 0 heterocycles. The summed E-state index contributed by atoms with van der Waals surface area (Å²) in [7, 11) is 0. The molecule has 86 valence electrons. The Morgan fingerprint density at radius 3 is 2.17 bits per heavy atom. The lowest BCUT2D eigenvalue weighted by atomic mass is 9.96. The van der Waals surface area contributed by atoms with E-state index in [0.29, 0.717) is 22.3 Å². The summed E-state index contributed by atoms with van der Waals surface area (Å²) in [5.41, 5.74) is 1.95. The van der Waals surface area contributed by atoms with Gasteiger partial charge in [-0.15, -0.1) is 0 Å². The van der Waals surface area contributed by atoms with Gasteiger partial charge in [0.05, 0.1) is 11.1 Å². The van der Waals surface area contributed by atoms with Gasteiger partial charge < -0.3 is 0 Å². The summed E-state index contributed by atoms with van der Waals surface area (Å²) in [5, 5.41) is 18.5. The molecule has 0 amide bonds.